The van der Waals surface area contributed by atoms with Gasteiger partial charge in [0.1, 0.15) is 0 Å². The van der Waals surface area contributed by atoms with Crippen molar-refractivity contribution in [3.05, 3.63) is 61.3 Å². The first-order valence-corrected chi connectivity index (χ1v) is 4.64. The number of aromatic nitrogens is 1. The predicted molar refractivity (Wildman–Crippen MR) is 63.3 cm³/mol. The van der Waals surface area contributed by atoms with Gasteiger partial charge in [-0.15, -0.1) is 0 Å². The molecule has 2 rings (SSSR count). The van der Waals surface area contributed by atoms with Gasteiger partial charge in [0.25, 0.3) is 0 Å². The van der Waals surface area contributed by atoms with E-state index < -0.39 is 0 Å². The number of hydrogen-bond donors (Lipinski definition) is 1. The minimum Gasteiger partial charge on any atom is -0.361 e. The lowest BCUT2D eigenvalue weighted by molar-refractivity contribution is 1.48. The molecule has 72 valence electrons. The molecule has 0 saturated carbocycles. The molecular weight excluding hydrogens is 170 g/mol. The minimum absolute atomic E-state index is 1.21. The van der Waals surface area contributed by atoms with Crippen molar-refractivity contribution in [1.82, 2.24) is 4.98 Å². The zero-order chi connectivity index (χ0) is 10.2. The summed E-state index contributed by atoms with van der Waals surface area (Å²) in [4.78, 5) is 3.12. The lowest BCUT2D eigenvalue weighted by atomic mass is 10.3. The second-order valence-corrected chi connectivity index (χ2v) is 2.83. The van der Waals surface area contributed by atoms with Crippen molar-refractivity contribution in [1.29, 1.82) is 0 Å². The summed E-state index contributed by atoms with van der Waals surface area (Å²) in [6, 6.07) is 10.3. The van der Waals surface area contributed by atoms with Gasteiger partial charge in [0.15, 0.2) is 0 Å². The van der Waals surface area contributed by atoms with Gasteiger partial charge in [-0.3, -0.25) is 0 Å². The van der Waals surface area contributed by atoms with Crippen LogP contribution in [0.4, 0.5) is 0 Å². The molecule has 0 aliphatic carbocycles. The van der Waals surface area contributed by atoms with Gasteiger partial charge in [-0.25, -0.2) is 0 Å². The Balaban J connectivity index is 0.000000171. The highest BCUT2D eigenvalue weighted by molar-refractivity contribution is 5.78. The van der Waals surface area contributed by atoms with E-state index in [1.54, 1.807) is 6.08 Å². The number of H-pyrrole nitrogens is 1. The Morgan fingerprint density at radius 3 is 2.57 bits per heavy atom. The molecule has 0 spiro atoms. The maximum absolute atomic E-state index is 3.46. The van der Waals surface area contributed by atoms with Crippen LogP contribution in [-0.2, 0) is 0 Å². The van der Waals surface area contributed by atoms with Crippen molar-refractivity contribution in [2.45, 2.75) is 6.92 Å². The maximum atomic E-state index is 3.46. The van der Waals surface area contributed by atoms with E-state index in [2.05, 4.69) is 29.8 Å². The summed E-state index contributed by atoms with van der Waals surface area (Å²) < 4.78 is 0. The highest BCUT2D eigenvalue weighted by Gasteiger charge is 1.86. The molecule has 2 aromatic rings. The van der Waals surface area contributed by atoms with Gasteiger partial charge in [-0.1, -0.05) is 43.0 Å². The highest BCUT2D eigenvalue weighted by Crippen LogP contribution is 2.09. The van der Waals surface area contributed by atoms with E-state index in [9.17, 15) is 0 Å². The van der Waals surface area contributed by atoms with E-state index >= 15 is 0 Å². The molecule has 1 aromatic heterocycles. The average Bonchev–Trinajstić information content (AvgIpc) is 2.67. The fraction of sp³-hybridized carbons (Fsp3) is 0.0769. The summed E-state index contributed by atoms with van der Waals surface area (Å²) in [6.45, 7) is 5.42. The standard InChI is InChI=1S/C8H7N.C5H8/c1-2-4-8-7(3-1)5-6-9-8;1-3-5-4-2/h1-6,9H;3-5H,1H2,2H3. The van der Waals surface area contributed by atoms with Crippen molar-refractivity contribution in [2.75, 3.05) is 0 Å². The van der Waals surface area contributed by atoms with Crippen LogP contribution in [0, 0.1) is 0 Å². The quantitative estimate of drug-likeness (QED) is 0.648. The predicted octanol–water partition coefficient (Wildman–Crippen LogP) is 3.92. The van der Waals surface area contributed by atoms with E-state index in [-0.39, 0.29) is 0 Å². The van der Waals surface area contributed by atoms with Crippen LogP contribution in [0.1, 0.15) is 6.92 Å². The second kappa shape index (κ2) is 5.81. The number of benzene rings is 1. The molecule has 1 aromatic carbocycles. The molecule has 1 heterocycles. The molecule has 0 radical (unpaired) electrons. The Labute approximate surface area is 84.8 Å². The molecule has 0 saturated heterocycles. The lowest BCUT2D eigenvalue weighted by Gasteiger charge is -1.83. The van der Waals surface area contributed by atoms with E-state index in [0.29, 0.717) is 0 Å². The summed E-state index contributed by atoms with van der Waals surface area (Å²) in [6.07, 6.45) is 7.53. The molecular formula is C13H15N. The van der Waals surface area contributed by atoms with Crippen LogP contribution in [0.25, 0.3) is 10.9 Å². The van der Waals surface area contributed by atoms with Crippen LogP contribution < -0.4 is 0 Å². The zero-order valence-electron chi connectivity index (χ0n) is 8.40. The van der Waals surface area contributed by atoms with E-state index in [1.807, 2.05) is 37.4 Å². The molecule has 0 atom stereocenters. The smallest absolute Gasteiger partial charge is 0.0453 e. The van der Waals surface area contributed by atoms with Crippen molar-refractivity contribution in [2.24, 2.45) is 0 Å². The van der Waals surface area contributed by atoms with E-state index in [0.717, 1.165) is 0 Å². The average molecular weight is 185 g/mol. The third-order valence-electron chi connectivity index (χ3n) is 1.79. The maximum Gasteiger partial charge on any atom is 0.0453 e. The van der Waals surface area contributed by atoms with Crippen LogP contribution >= 0.6 is 0 Å². The molecule has 0 aliphatic rings. The third kappa shape index (κ3) is 2.94. The van der Waals surface area contributed by atoms with E-state index in [1.165, 1.54) is 10.9 Å². The molecule has 0 bridgehead atoms. The van der Waals surface area contributed by atoms with Crippen LogP contribution in [-0.4, -0.2) is 4.98 Å². The van der Waals surface area contributed by atoms with Crippen LogP contribution in [0.3, 0.4) is 0 Å². The van der Waals surface area contributed by atoms with Crippen LogP contribution in [0.2, 0.25) is 0 Å². The van der Waals surface area contributed by atoms with Gasteiger partial charge in [0, 0.05) is 11.7 Å². The van der Waals surface area contributed by atoms with Gasteiger partial charge in [-0.2, -0.15) is 0 Å². The molecule has 0 amide bonds. The van der Waals surface area contributed by atoms with Crippen molar-refractivity contribution < 1.29 is 0 Å². The summed E-state index contributed by atoms with van der Waals surface area (Å²) in [5, 5.41) is 1.28. The van der Waals surface area contributed by atoms with Crippen LogP contribution in [0.5, 0.6) is 0 Å². The Kier molecular flexibility index (Phi) is 4.29. The minimum atomic E-state index is 1.21. The molecule has 1 N–H and O–H groups in total. The summed E-state index contributed by atoms with van der Waals surface area (Å²) >= 11 is 0. The number of hydrogen-bond acceptors (Lipinski definition) is 0. The highest BCUT2D eigenvalue weighted by atomic mass is 14.6. The first kappa shape index (κ1) is 10.3. The number of allylic oxidation sites excluding steroid dienone is 3. The Morgan fingerprint density at radius 1 is 1.21 bits per heavy atom. The van der Waals surface area contributed by atoms with Crippen molar-refractivity contribution in [3.8, 4) is 0 Å². The Hall–Kier alpha value is -1.76. The monoisotopic (exact) mass is 185 g/mol. The first-order chi connectivity index (χ1) is 6.88. The summed E-state index contributed by atoms with van der Waals surface area (Å²) in [5.74, 6) is 0. The fourth-order valence-electron chi connectivity index (χ4n) is 1.13. The Bertz CT molecular complexity index is 380. The summed E-state index contributed by atoms with van der Waals surface area (Å²) in [5.41, 5.74) is 1.21. The number of fused-ring (bicyclic) bond motifs is 1. The Morgan fingerprint density at radius 2 is 2.00 bits per heavy atom. The van der Waals surface area contributed by atoms with Crippen LogP contribution in [0.15, 0.2) is 61.3 Å². The molecule has 0 aliphatic heterocycles. The molecule has 1 heteroatoms. The van der Waals surface area contributed by atoms with Crippen molar-refractivity contribution >= 4 is 10.9 Å². The SMILES string of the molecule is C=CC=CC.c1ccc2[nH]ccc2c1. The van der Waals surface area contributed by atoms with Gasteiger partial charge < -0.3 is 4.98 Å². The van der Waals surface area contributed by atoms with Gasteiger partial charge in [0.05, 0.1) is 0 Å². The van der Waals surface area contributed by atoms with Crippen molar-refractivity contribution in [3.63, 3.8) is 0 Å². The molecule has 0 unspecified atom stereocenters. The fourth-order valence-corrected chi connectivity index (χ4v) is 1.13. The number of aromatic amines is 1. The molecule has 1 nitrogen and oxygen atoms in total. The number of para-hydroxylation sites is 1. The van der Waals surface area contributed by atoms with Gasteiger partial charge >= 0.3 is 0 Å². The first-order valence-electron chi connectivity index (χ1n) is 4.64. The normalized spacial score (nSPS) is 9.79. The van der Waals surface area contributed by atoms with Gasteiger partial charge in [-0.05, 0) is 24.4 Å². The number of rotatable bonds is 1. The van der Waals surface area contributed by atoms with Gasteiger partial charge in [0.2, 0.25) is 0 Å². The molecule has 0 fully saturated rings. The van der Waals surface area contributed by atoms with E-state index in [4.69, 9.17) is 0 Å². The summed E-state index contributed by atoms with van der Waals surface area (Å²) in [7, 11) is 0. The molecule has 14 heavy (non-hydrogen) atoms. The topological polar surface area (TPSA) is 15.8 Å². The lowest BCUT2D eigenvalue weighted by Crippen LogP contribution is -1.61. The largest absolute Gasteiger partial charge is 0.361 e. The second-order valence-electron chi connectivity index (χ2n) is 2.83. The third-order valence-corrected chi connectivity index (χ3v) is 1.79. The zero-order valence-corrected chi connectivity index (χ0v) is 8.40. The number of nitrogens with one attached hydrogen (secondary N) is 1.